The van der Waals surface area contributed by atoms with E-state index in [-0.39, 0.29) is 17.0 Å². The van der Waals surface area contributed by atoms with Gasteiger partial charge in [-0.25, -0.2) is 0 Å². The zero-order valence-corrected chi connectivity index (χ0v) is 15.1. The number of carbonyl (C=O) groups is 2. The minimum atomic E-state index is -0.978. The SMILES string of the molecule is Cc1ccc(C2C(C(=O)c3cccs3)=C(O)C(=O)N2c2ccccc2O)o1. The maximum atomic E-state index is 13.0. The molecule has 1 aliphatic heterocycles. The van der Waals surface area contributed by atoms with Crippen LogP contribution in [0.2, 0.25) is 0 Å². The second kappa shape index (κ2) is 6.44. The number of hydrogen-bond donors (Lipinski definition) is 2. The van der Waals surface area contributed by atoms with Crippen LogP contribution in [0.15, 0.2) is 69.7 Å². The summed E-state index contributed by atoms with van der Waals surface area (Å²) in [6, 6.07) is 12.0. The second-order valence-electron chi connectivity index (χ2n) is 6.08. The number of furan rings is 1. The van der Waals surface area contributed by atoms with Crippen LogP contribution in [0, 0.1) is 6.92 Å². The van der Waals surface area contributed by atoms with Gasteiger partial charge in [0.05, 0.1) is 16.1 Å². The van der Waals surface area contributed by atoms with Crippen molar-refractivity contribution < 1.29 is 24.2 Å². The first-order valence-corrected chi connectivity index (χ1v) is 9.06. The lowest BCUT2D eigenvalue weighted by molar-refractivity contribution is -0.117. The molecule has 1 aromatic carbocycles. The lowest BCUT2D eigenvalue weighted by Crippen LogP contribution is -2.30. The molecule has 1 aliphatic rings. The molecule has 1 atom stereocenters. The molecule has 1 amide bonds. The summed E-state index contributed by atoms with van der Waals surface area (Å²) in [5, 5.41) is 22.5. The van der Waals surface area contributed by atoms with E-state index in [1.807, 2.05) is 0 Å². The molecule has 0 saturated carbocycles. The van der Waals surface area contributed by atoms with Gasteiger partial charge in [-0.15, -0.1) is 11.3 Å². The van der Waals surface area contributed by atoms with E-state index < -0.39 is 23.5 Å². The van der Waals surface area contributed by atoms with Crippen molar-refractivity contribution >= 4 is 28.7 Å². The van der Waals surface area contributed by atoms with Gasteiger partial charge in [0, 0.05) is 0 Å². The Kier molecular flexibility index (Phi) is 4.08. The molecule has 6 nitrogen and oxygen atoms in total. The molecule has 0 bridgehead atoms. The van der Waals surface area contributed by atoms with Crippen LogP contribution < -0.4 is 4.90 Å². The Morgan fingerprint density at radius 3 is 2.52 bits per heavy atom. The molecule has 0 fully saturated rings. The number of nitrogens with zero attached hydrogens (tertiary/aromatic N) is 1. The zero-order chi connectivity index (χ0) is 19.1. The molecule has 0 radical (unpaired) electrons. The van der Waals surface area contributed by atoms with Crippen molar-refractivity contribution in [1.82, 2.24) is 0 Å². The van der Waals surface area contributed by atoms with E-state index in [9.17, 15) is 19.8 Å². The Balaban J connectivity index is 1.90. The van der Waals surface area contributed by atoms with Gasteiger partial charge >= 0.3 is 0 Å². The van der Waals surface area contributed by atoms with Crippen molar-refractivity contribution in [3.8, 4) is 5.75 Å². The first-order valence-electron chi connectivity index (χ1n) is 8.18. The summed E-state index contributed by atoms with van der Waals surface area (Å²) in [6.45, 7) is 1.74. The molecule has 3 aromatic rings. The van der Waals surface area contributed by atoms with Crippen molar-refractivity contribution in [2.75, 3.05) is 4.90 Å². The Hall–Kier alpha value is -3.32. The molecule has 1 unspecified atom stereocenters. The lowest BCUT2D eigenvalue weighted by Gasteiger charge is -2.25. The quantitative estimate of drug-likeness (QED) is 0.663. The molecular formula is C20H15NO5S. The number of hydrogen-bond acceptors (Lipinski definition) is 6. The Morgan fingerprint density at radius 2 is 1.89 bits per heavy atom. The Morgan fingerprint density at radius 1 is 1.11 bits per heavy atom. The van der Waals surface area contributed by atoms with Gasteiger partial charge in [0.25, 0.3) is 5.91 Å². The molecular weight excluding hydrogens is 366 g/mol. The molecule has 7 heteroatoms. The molecule has 4 rings (SSSR count). The summed E-state index contributed by atoms with van der Waals surface area (Å²) >= 11 is 1.22. The van der Waals surface area contributed by atoms with Crippen molar-refractivity contribution in [3.05, 3.63) is 81.6 Å². The van der Waals surface area contributed by atoms with Gasteiger partial charge in [-0.1, -0.05) is 18.2 Å². The smallest absolute Gasteiger partial charge is 0.294 e. The summed E-state index contributed by atoms with van der Waals surface area (Å²) in [5.41, 5.74) is 0.113. The second-order valence-corrected chi connectivity index (χ2v) is 7.03. The van der Waals surface area contributed by atoms with Gasteiger partial charge in [0.1, 0.15) is 23.3 Å². The zero-order valence-electron chi connectivity index (χ0n) is 14.2. The molecule has 2 N–H and O–H groups in total. The number of rotatable bonds is 4. The number of phenols is 1. The fourth-order valence-corrected chi connectivity index (χ4v) is 3.84. The first-order chi connectivity index (χ1) is 13.0. The van der Waals surface area contributed by atoms with Crippen LogP contribution in [0.4, 0.5) is 5.69 Å². The maximum Gasteiger partial charge on any atom is 0.294 e. The van der Waals surface area contributed by atoms with Gasteiger partial charge in [-0.2, -0.15) is 0 Å². The average molecular weight is 381 g/mol. The number of para-hydroxylation sites is 2. The number of aromatic hydroxyl groups is 1. The van der Waals surface area contributed by atoms with E-state index in [4.69, 9.17) is 4.42 Å². The summed E-state index contributed by atoms with van der Waals surface area (Å²) in [4.78, 5) is 27.5. The number of carbonyl (C=O) groups excluding carboxylic acids is 2. The summed E-state index contributed by atoms with van der Waals surface area (Å²) < 4.78 is 5.68. The van der Waals surface area contributed by atoms with Crippen LogP contribution in [0.5, 0.6) is 5.75 Å². The van der Waals surface area contributed by atoms with E-state index >= 15 is 0 Å². The number of ketones is 1. The van der Waals surface area contributed by atoms with Gasteiger partial charge in [-0.3, -0.25) is 14.5 Å². The fourth-order valence-electron chi connectivity index (χ4n) is 3.16. The van der Waals surface area contributed by atoms with Crippen LogP contribution in [0.25, 0.3) is 0 Å². The van der Waals surface area contributed by atoms with E-state index in [0.717, 1.165) is 0 Å². The van der Waals surface area contributed by atoms with E-state index in [1.165, 1.54) is 22.3 Å². The van der Waals surface area contributed by atoms with Crippen molar-refractivity contribution in [3.63, 3.8) is 0 Å². The number of anilines is 1. The number of amides is 1. The predicted octanol–water partition coefficient (Wildman–Crippen LogP) is 4.14. The van der Waals surface area contributed by atoms with Crippen LogP contribution in [-0.2, 0) is 4.79 Å². The van der Waals surface area contributed by atoms with E-state index in [2.05, 4.69) is 0 Å². The maximum absolute atomic E-state index is 13.0. The minimum absolute atomic E-state index is 0.0694. The summed E-state index contributed by atoms with van der Waals surface area (Å²) in [7, 11) is 0. The third kappa shape index (κ3) is 2.72. The molecule has 0 aliphatic carbocycles. The minimum Gasteiger partial charge on any atom is -0.506 e. The molecule has 2 aromatic heterocycles. The standard InChI is InChI=1S/C20H15NO5S/c1-11-8-9-14(26-11)17-16(18(23)15-7-4-10-27-15)19(24)20(25)21(17)12-5-2-3-6-13(12)22/h2-10,17,22,24H,1H3. The average Bonchev–Trinajstić information content (AvgIpc) is 3.37. The number of phenolic OH excluding ortho intramolecular Hbond substituents is 1. The van der Waals surface area contributed by atoms with Gasteiger partial charge < -0.3 is 14.6 Å². The molecule has 136 valence electrons. The highest BCUT2D eigenvalue weighted by atomic mass is 32.1. The van der Waals surface area contributed by atoms with Gasteiger partial charge in [-0.05, 0) is 42.6 Å². The fraction of sp³-hybridized carbons (Fsp3) is 0.100. The van der Waals surface area contributed by atoms with Crippen LogP contribution in [-0.4, -0.2) is 21.9 Å². The third-order valence-electron chi connectivity index (χ3n) is 4.37. The highest BCUT2D eigenvalue weighted by Gasteiger charge is 2.47. The normalized spacial score (nSPS) is 17.0. The molecule has 3 heterocycles. The van der Waals surface area contributed by atoms with Crippen LogP contribution in [0.3, 0.4) is 0 Å². The van der Waals surface area contributed by atoms with Gasteiger partial charge in [0.2, 0.25) is 5.78 Å². The topological polar surface area (TPSA) is 91.0 Å². The lowest BCUT2D eigenvalue weighted by atomic mass is 10.00. The van der Waals surface area contributed by atoms with Gasteiger partial charge in [0.15, 0.2) is 5.76 Å². The summed E-state index contributed by atoms with van der Waals surface area (Å²) in [5.74, 6) is -1.08. The monoisotopic (exact) mass is 381 g/mol. The number of Topliss-reactive ketones (excluding diaryl/α,β-unsaturated/α-hetero) is 1. The number of aliphatic hydroxyl groups excluding tert-OH is 1. The Labute approximate surface area is 158 Å². The Bertz CT molecular complexity index is 1060. The first kappa shape index (κ1) is 17.1. The van der Waals surface area contributed by atoms with Crippen molar-refractivity contribution in [2.24, 2.45) is 0 Å². The number of thiophene rings is 1. The highest BCUT2D eigenvalue weighted by molar-refractivity contribution is 7.12. The molecule has 0 saturated heterocycles. The van der Waals surface area contributed by atoms with E-state index in [0.29, 0.717) is 16.4 Å². The number of aliphatic hydroxyl groups is 1. The van der Waals surface area contributed by atoms with Crippen molar-refractivity contribution in [2.45, 2.75) is 13.0 Å². The number of aryl methyl sites for hydroxylation is 1. The third-order valence-corrected chi connectivity index (χ3v) is 5.24. The van der Waals surface area contributed by atoms with E-state index in [1.54, 1.807) is 54.8 Å². The highest BCUT2D eigenvalue weighted by Crippen LogP contribution is 2.45. The van der Waals surface area contributed by atoms with Crippen LogP contribution in [0.1, 0.15) is 27.2 Å². The number of benzene rings is 1. The summed E-state index contributed by atoms with van der Waals surface area (Å²) in [6.07, 6.45) is 0. The van der Waals surface area contributed by atoms with Crippen LogP contribution >= 0.6 is 11.3 Å². The van der Waals surface area contributed by atoms with Crippen molar-refractivity contribution in [1.29, 1.82) is 0 Å². The molecule has 0 spiro atoms. The predicted molar refractivity (Wildman–Crippen MR) is 100 cm³/mol. The largest absolute Gasteiger partial charge is 0.506 e. The molecule has 27 heavy (non-hydrogen) atoms.